The van der Waals surface area contributed by atoms with Gasteiger partial charge in [-0.15, -0.1) is 0 Å². The first-order chi connectivity index (χ1) is 28.8. The van der Waals surface area contributed by atoms with Crippen LogP contribution in [0.15, 0.2) is 200 Å². The molecule has 1 aliphatic rings. The van der Waals surface area contributed by atoms with E-state index in [2.05, 4.69) is 203 Å². The molecule has 58 heavy (non-hydrogen) atoms. The molecule has 3 nitrogen and oxygen atoms in total. The highest BCUT2D eigenvalue weighted by Gasteiger charge is 2.25. The zero-order valence-electron chi connectivity index (χ0n) is 31.4. The number of para-hydroxylation sites is 2. The Kier molecular flexibility index (Phi) is 6.44. The highest BCUT2D eigenvalue weighted by atomic mass is 15.0. The van der Waals surface area contributed by atoms with Crippen LogP contribution in [0, 0.1) is 0 Å². The van der Waals surface area contributed by atoms with Crippen molar-refractivity contribution in [3.8, 4) is 56.0 Å². The van der Waals surface area contributed by atoms with Gasteiger partial charge < -0.3 is 9.13 Å². The van der Waals surface area contributed by atoms with Crippen molar-refractivity contribution in [1.29, 1.82) is 0 Å². The Balaban J connectivity index is 0.981. The van der Waals surface area contributed by atoms with Crippen LogP contribution >= 0.6 is 0 Å². The van der Waals surface area contributed by atoms with E-state index < -0.39 is 0 Å². The van der Waals surface area contributed by atoms with Gasteiger partial charge in [-0.3, -0.25) is 4.98 Å². The fraction of sp³-hybridized carbons (Fsp3) is 0. The van der Waals surface area contributed by atoms with Crippen LogP contribution < -0.4 is 0 Å². The maximum atomic E-state index is 5.14. The molecule has 0 aliphatic heterocycles. The molecule has 3 heteroatoms. The molecule has 13 rings (SSSR count). The Hall–Kier alpha value is -7.75. The molecule has 0 atom stereocenters. The van der Waals surface area contributed by atoms with Crippen LogP contribution in [0.3, 0.4) is 0 Å². The second kappa shape index (κ2) is 11.9. The van der Waals surface area contributed by atoms with Crippen LogP contribution in [0.25, 0.3) is 121 Å². The predicted octanol–water partition coefficient (Wildman–Crippen LogP) is 14.6. The summed E-state index contributed by atoms with van der Waals surface area (Å²) in [6.45, 7) is 0. The maximum Gasteiger partial charge on any atom is 0.0787 e. The molecule has 0 saturated carbocycles. The fourth-order valence-electron chi connectivity index (χ4n) is 9.88. The van der Waals surface area contributed by atoms with Crippen molar-refractivity contribution in [1.82, 2.24) is 14.1 Å². The lowest BCUT2D eigenvalue weighted by molar-refractivity contribution is 1.18. The van der Waals surface area contributed by atoms with E-state index in [9.17, 15) is 0 Å². The van der Waals surface area contributed by atoms with E-state index in [1.165, 1.54) is 104 Å². The number of pyridine rings is 1. The monoisotopic (exact) mass is 735 g/mol. The minimum absolute atomic E-state index is 1.02. The molecule has 0 fully saturated rings. The average Bonchev–Trinajstić information content (AvgIpc) is 3.92. The van der Waals surface area contributed by atoms with Gasteiger partial charge in [0.25, 0.3) is 0 Å². The summed E-state index contributed by atoms with van der Waals surface area (Å²) in [7, 11) is 0. The number of benzene rings is 9. The van der Waals surface area contributed by atoms with Crippen LogP contribution in [0.5, 0.6) is 0 Å². The van der Waals surface area contributed by atoms with E-state index in [1.807, 2.05) is 6.20 Å². The van der Waals surface area contributed by atoms with E-state index in [0.29, 0.717) is 0 Å². The number of hydrogen-bond donors (Lipinski definition) is 0. The molecule has 3 aromatic heterocycles. The summed E-state index contributed by atoms with van der Waals surface area (Å²) >= 11 is 0. The van der Waals surface area contributed by atoms with Crippen LogP contribution in [0.4, 0.5) is 0 Å². The molecule has 3 heterocycles. The Morgan fingerprint density at radius 2 is 0.914 bits per heavy atom. The van der Waals surface area contributed by atoms with Crippen molar-refractivity contribution in [2.75, 3.05) is 0 Å². The number of fused-ring (bicyclic) bond motifs is 10. The predicted molar refractivity (Wildman–Crippen MR) is 243 cm³/mol. The van der Waals surface area contributed by atoms with Crippen LogP contribution in [-0.4, -0.2) is 14.1 Å². The Morgan fingerprint density at radius 1 is 0.328 bits per heavy atom. The summed E-state index contributed by atoms with van der Waals surface area (Å²) in [6.07, 6.45) is 2.04. The second-order valence-corrected chi connectivity index (χ2v) is 15.6. The number of aromatic nitrogens is 3. The summed E-state index contributed by atoms with van der Waals surface area (Å²) in [4.78, 5) is 5.14. The minimum atomic E-state index is 1.02. The zero-order valence-corrected chi connectivity index (χ0v) is 31.4. The van der Waals surface area contributed by atoms with Crippen molar-refractivity contribution in [2.45, 2.75) is 0 Å². The van der Waals surface area contributed by atoms with E-state index in [4.69, 9.17) is 4.98 Å². The van der Waals surface area contributed by atoms with E-state index in [-0.39, 0.29) is 0 Å². The maximum absolute atomic E-state index is 5.14. The molecule has 0 N–H and O–H groups in total. The molecule has 12 aromatic rings. The molecule has 268 valence electrons. The van der Waals surface area contributed by atoms with Crippen LogP contribution in [0.1, 0.15) is 0 Å². The Labute approximate surface area is 334 Å². The van der Waals surface area contributed by atoms with E-state index in [1.54, 1.807) is 0 Å². The zero-order chi connectivity index (χ0) is 37.9. The van der Waals surface area contributed by atoms with Gasteiger partial charge in [0.05, 0.1) is 27.8 Å². The molecular formula is C55H33N3. The van der Waals surface area contributed by atoms with E-state index >= 15 is 0 Å². The molecular weight excluding hydrogens is 703 g/mol. The van der Waals surface area contributed by atoms with Gasteiger partial charge in [-0.05, 0) is 105 Å². The van der Waals surface area contributed by atoms with Crippen molar-refractivity contribution in [3.63, 3.8) is 0 Å². The first-order valence-corrected chi connectivity index (χ1v) is 20.0. The molecule has 0 bridgehead atoms. The third-order valence-electron chi connectivity index (χ3n) is 12.4. The van der Waals surface area contributed by atoms with Gasteiger partial charge >= 0.3 is 0 Å². The number of nitrogens with zero attached hydrogens (tertiary/aromatic N) is 3. The molecule has 0 radical (unpaired) electrons. The van der Waals surface area contributed by atoms with Crippen molar-refractivity contribution < 1.29 is 0 Å². The summed E-state index contributed by atoms with van der Waals surface area (Å²) < 4.78 is 4.82. The van der Waals surface area contributed by atoms with Gasteiger partial charge in [0.2, 0.25) is 0 Å². The molecule has 0 unspecified atom stereocenters. The van der Waals surface area contributed by atoms with Crippen LogP contribution in [0.2, 0.25) is 0 Å². The molecule has 0 amide bonds. The summed E-state index contributed by atoms with van der Waals surface area (Å²) in [6, 6.07) is 71.1. The number of rotatable bonds is 4. The molecule has 0 spiro atoms. The van der Waals surface area contributed by atoms with Gasteiger partial charge in [-0.25, -0.2) is 0 Å². The summed E-state index contributed by atoms with van der Waals surface area (Å²) in [5.74, 6) is 0. The van der Waals surface area contributed by atoms with Gasteiger partial charge in [-0.2, -0.15) is 0 Å². The quantitative estimate of drug-likeness (QED) is 0.176. The van der Waals surface area contributed by atoms with Crippen molar-refractivity contribution in [2.24, 2.45) is 0 Å². The molecule has 1 aliphatic carbocycles. The topological polar surface area (TPSA) is 22.8 Å². The fourth-order valence-corrected chi connectivity index (χ4v) is 9.88. The first-order valence-electron chi connectivity index (χ1n) is 20.0. The lowest BCUT2D eigenvalue weighted by Gasteiger charge is -2.13. The second-order valence-electron chi connectivity index (χ2n) is 15.6. The summed E-state index contributed by atoms with van der Waals surface area (Å²) in [5.41, 5.74) is 16.6. The van der Waals surface area contributed by atoms with Crippen molar-refractivity contribution >= 4 is 65.2 Å². The lowest BCUT2D eigenvalue weighted by atomic mass is 9.98. The van der Waals surface area contributed by atoms with Gasteiger partial charge in [0, 0.05) is 61.0 Å². The van der Waals surface area contributed by atoms with Crippen LogP contribution in [-0.2, 0) is 0 Å². The minimum Gasteiger partial charge on any atom is -0.309 e. The third kappa shape index (κ3) is 4.41. The van der Waals surface area contributed by atoms with Gasteiger partial charge in [0.15, 0.2) is 0 Å². The Morgan fingerprint density at radius 3 is 1.74 bits per heavy atom. The molecule has 9 aromatic carbocycles. The molecule has 0 saturated heterocycles. The smallest absolute Gasteiger partial charge is 0.0787 e. The third-order valence-corrected chi connectivity index (χ3v) is 12.4. The largest absolute Gasteiger partial charge is 0.309 e. The number of hydrogen-bond acceptors (Lipinski definition) is 1. The first kappa shape index (κ1) is 31.5. The summed E-state index contributed by atoms with van der Waals surface area (Å²) in [5, 5.41) is 9.95. The standard InChI is InChI=1S/C55H33N3/c1-2-16-40(17-3-1)57-51-27-25-37(31-47(51)48-29-34-12-4-5-13-35(34)32-52(48)57)36-24-26-50-46(30-36)43-20-8-9-23-49(43)58(50)41-18-10-14-38(28-41)55-54-45-21-7-6-19-42(45)44-22-11-15-39(33-56-55)53(44)54/h1-33H. The van der Waals surface area contributed by atoms with Gasteiger partial charge in [0.1, 0.15) is 0 Å². The Bertz CT molecular complexity index is 3680. The van der Waals surface area contributed by atoms with Crippen molar-refractivity contribution in [3.05, 3.63) is 200 Å². The lowest BCUT2D eigenvalue weighted by Crippen LogP contribution is -1.95. The SMILES string of the molecule is c1ccc(-n2c3ccc(-c4ccc5c(c4)c4ccccc4n5-c4cccc(-c5ncc6cccc7c6c5-c5ccccc5-7)c4)cc3c3cc4ccccc4cc32)cc1. The van der Waals surface area contributed by atoms with E-state index in [0.717, 1.165) is 16.9 Å². The normalized spacial score (nSPS) is 12.1. The highest BCUT2D eigenvalue weighted by Crippen LogP contribution is 2.50. The highest BCUT2D eigenvalue weighted by molar-refractivity contribution is 6.19. The average molecular weight is 736 g/mol. The van der Waals surface area contributed by atoms with Gasteiger partial charge in [-0.1, -0.05) is 127 Å².